The summed E-state index contributed by atoms with van der Waals surface area (Å²) >= 11 is 0. The number of urea groups is 1. The number of nitrogens with one attached hydrogen (secondary N) is 2. The average molecular weight is 402 g/mol. The quantitative estimate of drug-likeness (QED) is 0.658. The molecule has 3 fully saturated rings. The molecule has 10 nitrogen and oxygen atoms in total. The third kappa shape index (κ3) is 4.10. The number of carbonyl (C=O) groups excluding carboxylic acids is 4. The Morgan fingerprint density at radius 1 is 1.17 bits per heavy atom. The molecule has 3 aliphatic rings. The fraction of sp³-hybridized carbons (Fsp3) is 0.632. The van der Waals surface area contributed by atoms with E-state index in [0.29, 0.717) is 32.6 Å². The van der Waals surface area contributed by atoms with E-state index in [1.807, 2.05) is 4.90 Å². The molecule has 2 N–H and O–H groups in total. The van der Waals surface area contributed by atoms with E-state index in [1.165, 1.54) is 0 Å². The van der Waals surface area contributed by atoms with E-state index in [0.717, 1.165) is 36.3 Å². The van der Waals surface area contributed by atoms with E-state index in [2.05, 4.69) is 15.3 Å². The van der Waals surface area contributed by atoms with E-state index >= 15 is 0 Å². The highest BCUT2D eigenvalue weighted by Crippen LogP contribution is 2.39. The monoisotopic (exact) mass is 402 g/mol. The molecule has 0 radical (unpaired) electrons. The van der Waals surface area contributed by atoms with Gasteiger partial charge in [-0.3, -0.25) is 19.3 Å². The first-order chi connectivity index (χ1) is 14.0. The standard InChI is InChI=1S/C19H26N6O4/c26-15-2-5-19(12-24(15)7-3-14-8-20-13-22-14)4-1-6-23(11-19)17(28)10-25-16(27)9-21-18(25)29/h8,13H,1-7,9-12H2,(H,20,22)(H,21,29)/t19-/m1/s1. The summed E-state index contributed by atoms with van der Waals surface area (Å²) in [6.45, 7) is 2.16. The molecule has 1 spiro atoms. The zero-order valence-electron chi connectivity index (χ0n) is 16.4. The summed E-state index contributed by atoms with van der Waals surface area (Å²) < 4.78 is 0. The van der Waals surface area contributed by atoms with Crippen LogP contribution in [0.25, 0.3) is 0 Å². The maximum absolute atomic E-state index is 12.8. The third-order valence-corrected chi connectivity index (χ3v) is 6.20. The van der Waals surface area contributed by atoms with Gasteiger partial charge in [0.15, 0.2) is 0 Å². The molecule has 1 aromatic heterocycles. The summed E-state index contributed by atoms with van der Waals surface area (Å²) in [6.07, 6.45) is 7.18. The number of aromatic nitrogens is 2. The molecule has 0 aliphatic carbocycles. The first kappa shape index (κ1) is 19.4. The van der Waals surface area contributed by atoms with E-state index in [1.54, 1.807) is 17.4 Å². The Labute approximate surface area is 168 Å². The number of aromatic amines is 1. The number of imidazole rings is 1. The van der Waals surface area contributed by atoms with Crippen molar-refractivity contribution in [1.82, 2.24) is 30.0 Å². The van der Waals surface area contributed by atoms with Crippen molar-refractivity contribution in [3.63, 3.8) is 0 Å². The molecular weight excluding hydrogens is 376 g/mol. The second-order valence-electron chi connectivity index (χ2n) is 8.20. The normalized spacial score (nSPS) is 25.1. The highest BCUT2D eigenvalue weighted by molar-refractivity contribution is 6.04. The number of amides is 5. The van der Waals surface area contributed by atoms with Crippen LogP contribution < -0.4 is 5.32 Å². The van der Waals surface area contributed by atoms with Gasteiger partial charge in [-0.1, -0.05) is 0 Å². The SMILES string of the molecule is O=C1CC[C@@]2(CCCN(C(=O)CN3C(=O)CNC3=O)C2)CN1CCc1cnc[nH]1. The summed E-state index contributed by atoms with van der Waals surface area (Å²) in [7, 11) is 0. The van der Waals surface area contributed by atoms with Crippen molar-refractivity contribution in [2.45, 2.75) is 32.1 Å². The molecule has 10 heteroatoms. The van der Waals surface area contributed by atoms with Gasteiger partial charge in [0.1, 0.15) is 6.54 Å². The van der Waals surface area contributed by atoms with Gasteiger partial charge < -0.3 is 20.1 Å². The van der Waals surface area contributed by atoms with Gasteiger partial charge in [-0.2, -0.15) is 0 Å². The van der Waals surface area contributed by atoms with Crippen molar-refractivity contribution in [1.29, 1.82) is 0 Å². The topological polar surface area (TPSA) is 119 Å². The zero-order valence-corrected chi connectivity index (χ0v) is 16.4. The summed E-state index contributed by atoms with van der Waals surface area (Å²) in [5.41, 5.74) is 0.874. The number of likely N-dealkylation sites (tertiary alicyclic amines) is 2. The summed E-state index contributed by atoms with van der Waals surface area (Å²) in [5.74, 6) is -0.434. The highest BCUT2D eigenvalue weighted by Gasteiger charge is 2.43. The third-order valence-electron chi connectivity index (χ3n) is 6.20. The first-order valence-corrected chi connectivity index (χ1v) is 10.1. The number of imide groups is 1. The minimum Gasteiger partial charge on any atom is -0.348 e. The van der Waals surface area contributed by atoms with Crippen LogP contribution in [-0.4, -0.2) is 87.7 Å². The molecule has 5 amide bonds. The van der Waals surface area contributed by atoms with Crippen molar-refractivity contribution >= 4 is 23.8 Å². The maximum atomic E-state index is 12.8. The summed E-state index contributed by atoms with van der Waals surface area (Å²) in [6, 6.07) is -0.511. The van der Waals surface area contributed by atoms with Crippen molar-refractivity contribution in [3.05, 3.63) is 18.2 Å². The number of rotatable bonds is 5. The molecule has 0 bridgehead atoms. The van der Waals surface area contributed by atoms with Crippen molar-refractivity contribution in [2.24, 2.45) is 5.41 Å². The van der Waals surface area contributed by atoms with Crippen molar-refractivity contribution in [3.8, 4) is 0 Å². The zero-order chi connectivity index (χ0) is 20.4. The Morgan fingerprint density at radius 2 is 2.03 bits per heavy atom. The molecular formula is C19H26N6O4. The lowest BCUT2D eigenvalue weighted by molar-refractivity contribution is -0.144. The molecule has 156 valence electrons. The van der Waals surface area contributed by atoms with E-state index in [4.69, 9.17) is 0 Å². The second-order valence-corrected chi connectivity index (χ2v) is 8.20. The summed E-state index contributed by atoms with van der Waals surface area (Å²) in [4.78, 5) is 60.4. The van der Waals surface area contributed by atoms with Gasteiger partial charge in [0.05, 0.1) is 12.9 Å². The number of hydrogen-bond acceptors (Lipinski definition) is 5. The molecule has 1 aromatic rings. The molecule has 3 saturated heterocycles. The Kier molecular flexibility index (Phi) is 5.25. The predicted molar refractivity (Wildman–Crippen MR) is 101 cm³/mol. The second kappa shape index (κ2) is 7.84. The number of piperidine rings is 2. The van der Waals surface area contributed by atoms with Gasteiger partial charge in [-0.05, 0) is 19.3 Å². The predicted octanol–water partition coefficient (Wildman–Crippen LogP) is -0.265. The Morgan fingerprint density at radius 3 is 2.76 bits per heavy atom. The number of hydrogen-bond donors (Lipinski definition) is 2. The smallest absolute Gasteiger partial charge is 0.325 e. The minimum absolute atomic E-state index is 0.0521. The maximum Gasteiger partial charge on any atom is 0.325 e. The highest BCUT2D eigenvalue weighted by atomic mass is 16.2. The first-order valence-electron chi connectivity index (χ1n) is 10.1. The Bertz CT molecular complexity index is 794. The van der Waals surface area contributed by atoms with Gasteiger partial charge in [0.25, 0.3) is 5.91 Å². The molecule has 29 heavy (non-hydrogen) atoms. The van der Waals surface area contributed by atoms with Crippen LogP contribution >= 0.6 is 0 Å². The Balaban J connectivity index is 1.38. The molecule has 0 saturated carbocycles. The van der Waals surface area contributed by atoms with Gasteiger partial charge in [-0.15, -0.1) is 0 Å². The number of H-pyrrole nitrogens is 1. The summed E-state index contributed by atoms with van der Waals surface area (Å²) in [5, 5.41) is 2.44. The number of carbonyl (C=O) groups is 4. The average Bonchev–Trinajstić information content (AvgIpc) is 3.34. The lowest BCUT2D eigenvalue weighted by Crippen LogP contribution is -2.56. The fourth-order valence-corrected chi connectivity index (χ4v) is 4.59. The molecule has 0 aromatic carbocycles. The van der Waals surface area contributed by atoms with Gasteiger partial charge in [0.2, 0.25) is 11.8 Å². The van der Waals surface area contributed by atoms with Gasteiger partial charge >= 0.3 is 6.03 Å². The van der Waals surface area contributed by atoms with Crippen LogP contribution in [0.2, 0.25) is 0 Å². The van der Waals surface area contributed by atoms with Crippen LogP contribution in [0.4, 0.5) is 4.79 Å². The minimum atomic E-state index is -0.511. The Hall–Kier alpha value is -2.91. The lowest BCUT2D eigenvalue weighted by Gasteiger charge is -2.48. The van der Waals surface area contributed by atoms with Crippen LogP contribution in [0.5, 0.6) is 0 Å². The molecule has 3 aliphatic heterocycles. The van der Waals surface area contributed by atoms with Crippen molar-refractivity contribution < 1.29 is 19.2 Å². The molecule has 4 rings (SSSR count). The lowest BCUT2D eigenvalue weighted by atomic mass is 9.73. The molecule has 1 atom stereocenters. The van der Waals surface area contributed by atoms with Gasteiger partial charge in [0, 0.05) is 56.3 Å². The van der Waals surface area contributed by atoms with Gasteiger partial charge in [-0.25, -0.2) is 9.78 Å². The van der Waals surface area contributed by atoms with Crippen molar-refractivity contribution in [2.75, 3.05) is 39.3 Å². The van der Waals surface area contributed by atoms with Crippen LogP contribution in [0.1, 0.15) is 31.4 Å². The number of nitrogens with zero attached hydrogens (tertiary/aromatic N) is 4. The van der Waals surface area contributed by atoms with Crippen LogP contribution in [0.15, 0.2) is 12.5 Å². The largest absolute Gasteiger partial charge is 0.348 e. The van der Waals surface area contributed by atoms with Crippen LogP contribution in [0, 0.1) is 5.41 Å². The van der Waals surface area contributed by atoms with E-state index in [-0.39, 0.29) is 36.2 Å². The van der Waals surface area contributed by atoms with Crippen LogP contribution in [-0.2, 0) is 20.8 Å². The molecule has 4 heterocycles. The van der Waals surface area contributed by atoms with Crippen LogP contribution in [0.3, 0.4) is 0 Å². The fourth-order valence-electron chi connectivity index (χ4n) is 4.59. The molecule has 0 unspecified atom stereocenters. The van der Waals surface area contributed by atoms with E-state index in [9.17, 15) is 19.2 Å². The van der Waals surface area contributed by atoms with E-state index < -0.39 is 6.03 Å².